The van der Waals surface area contributed by atoms with Crippen molar-refractivity contribution < 1.29 is 4.74 Å². The van der Waals surface area contributed by atoms with Crippen molar-refractivity contribution >= 4 is 0 Å². The van der Waals surface area contributed by atoms with Gasteiger partial charge in [-0.05, 0) is 26.3 Å². The summed E-state index contributed by atoms with van der Waals surface area (Å²) in [5.74, 6) is 0. The lowest BCUT2D eigenvalue weighted by Gasteiger charge is -2.12. The Balaban J connectivity index is 2.33. The Morgan fingerprint density at radius 2 is 2.33 bits per heavy atom. The second kappa shape index (κ2) is 5.88. The van der Waals surface area contributed by atoms with E-state index in [9.17, 15) is 0 Å². The van der Waals surface area contributed by atoms with Crippen molar-refractivity contribution in [3.05, 3.63) is 17.5 Å². The number of aromatic nitrogens is 2. The molecule has 4 heteroatoms. The molecular formula is C11H21N3O. The van der Waals surface area contributed by atoms with E-state index >= 15 is 0 Å². The van der Waals surface area contributed by atoms with Gasteiger partial charge in [-0.25, -0.2) is 0 Å². The molecule has 0 fully saturated rings. The van der Waals surface area contributed by atoms with Crippen molar-refractivity contribution in [3.8, 4) is 0 Å². The van der Waals surface area contributed by atoms with Crippen LogP contribution in [-0.2, 0) is 18.3 Å². The molecule has 1 unspecified atom stereocenters. The quantitative estimate of drug-likeness (QED) is 0.769. The van der Waals surface area contributed by atoms with Crippen LogP contribution in [0.25, 0.3) is 0 Å². The second-order valence-corrected chi connectivity index (χ2v) is 3.96. The smallest absolute Gasteiger partial charge is 0.0597 e. The molecule has 0 aromatic carbocycles. The second-order valence-electron chi connectivity index (χ2n) is 3.96. The fraction of sp³-hybridized carbons (Fsp3) is 0.727. The highest BCUT2D eigenvalue weighted by Gasteiger charge is 2.04. The molecule has 0 spiro atoms. The predicted octanol–water partition coefficient (Wildman–Crippen LogP) is 1.24. The molecule has 0 amide bonds. The summed E-state index contributed by atoms with van der Waals surface area (Å²) in [5.41, 5.74) is 2.29. The third-order valence-corrected chi connectivity index (χ3v) is 2.49. The van der Waals surface area contributed by atoms with Gasteiger partial charge in [0, 0.05) is 33.4 Å². The monoisotopic (exact) mass is 211 g/mol. The van der Waals surface area contributed by atoms with Crippen LogP contribution in [-0.4, -0.2) is 29.5 Å². The van der Waals surface area contributed by atoms with Crippen LogP contribution < -0.4 is 5.32 Å². The minimum atomic E-state index is 0.472. The van der Waals surface area contributed by atoms with Crippen LogP contribution in [0.1, 0.15) is 24.7 Å². The lowest BCUT2D eigenvalue weighted by molar-refractivity contribution is 0.184. The van der Waals surface area contributed by atoms with Crippen molar-refractivity contribution in [2.45, 2.75) is 32.9 Å². The van der Waals surface area contributed by atoms with Crippen LogP contribution in [0.15, 0.2) is 6.07 Å². The van der Waals surface area contributed by atoms with Gasteiger partial charge in [0.15, 0.2) is 0 Å². The van der Waals surface area contributed by atoms with Gasteiger partial charge in [-0.2, -0.15) is 5.10 Å². The van der Waals surface area contributed by atoms with Crippen molar-refractivity contribution in [3.63, 3.8) is 0 Å². The first-order chi connectivity index (χ1) is 7.13. The van der Waals surface area contributed by atoms with E-state index in [0.717, 1.165) is 25.3 Å². The summed E-state index contributed by atoms with van der Waals surface area (Å²) in [6.45, 7) is 5.85. The van der Waals surface area contributed by atoms with Gasteiger partial charge in [-0.15, -0.1) is 0 Å². The summed E-state index contributed by atoms with van der Waals surface area (Å²) in [6.07, 6.45) is 1.04. The van der Waals surface area contributed by atoms with Crippen LogP contribution in [0.3, 0.4) is 0 Å². The standard InChI is InChI=1S/C11H21N3O/c1-9(5-6-15-4)12-8-11-7-10(2)13-14(11)3/h7,9,12H,5-6,8H2,1-4H3. The molecule has 1 aromatic heterocycles. The predicted molar refractivity (Wildman–Crippen MR) is 60.7 cm³/mol. The largest absolute Gasteiger partial charge is 0.385 e. The van der Waals surface area contributed by atoms with Crippen LogP contribution in [0.2, 0.25) is 0 Å². The normalized spacial score (nSPS) is 13.1. The highest BCUT2D eigenvalue weighted by atomic mass is 16.5. The summed E-state index contributed by atoms with van der Waals surface area (Å²) in [5, 5.41) is 7.75. The van der Waals surface area contributed by atoms with Gasteiger partial charge >= 0.3 is 0 Å². The van der Waals surface area contributed by atoms with Crippen molar-refractivity contribution in [2.75, 3.05) is 13.7 Å². The molecule has 0 aliphatic heterocycles. The first kappa shape index (κ1) is 12.2. The SMILES string of the molecule is COCCC(C)NCc1cc(C)nn1C. The maximum absolute atomic E-state index is 5.03. The number of nitrogens with zero attached hydrogens (tertiary/aromatic N) is 2. The molecule has 0 bridgehead atoms. The average molecular weight is 211 g/mol. The highest BCUT2D eigenvalue weighted by Crippen LogP contribution is 2.02. The number of ether oxygens (including phenoxy) is 1. The number of aryl methyl sites for hydroxylation is 2. The molecule has 0 saturated carbocycles. The van der Waals surface area contributed by atoms with Gasteiger partial charge < -0.3 is 10.1 Å². The first-order valence-corrected chi connectivity index (χ1v) is 5.35. The first-order valence-electron chi connectivity index (χ1n) is 5.35. The molecule has 0 saturated heterocycles. The van der Waals surface area contributed by atoms with Crippen molar-refractivity contribution in [2.24, 2.45) is 7.05 Å². The zero-order chi connectivity index (χ0) is 11.3. The molecule has 1 rings (SSSR count). The van der Waals surface area contributed by atoms with Gasteiger partial charge in [0.05, 0.1) is 11.4 Å². The number of methoxy groups -OCH3 is 1. The van der Waals surface area contributed by atoms with E-state index in [-0.39, 0.29) is 0 Å². The summed E-state index contributed by atoms with van der Waals surface area (Å²) in [7, 11) is 3.71. The van der Waals surface area contributed by atoms with Crippen LogP contribution in [0, 0.1) is 6.92 Å². The van der Waals surface area contributed by atoms with Gasteiger partial charge in [-0.3, -0.25) is 4.68 Å². The molecule has 15 heavy (non-hydrogen) atoms. The summed E-state index contributed by atoms with van der Waals surface area (Å²) in [4.78, 5) is 0. The van der Waals surface area contributed by atoms with Crippen molar-refractivity contribution in [1.82, 2.24) is 15.1 Å². The van der Waals surface area contributed by atoms with E-state index in [1.54, 1.807) is 7.11 Å². The van der Waals surface area contributed by atoms with Gasteiger partial charge in [-0.1, -0.05) is 0 Å². The molecule has 1 atom stereocenters. The van der Waals surface area contributed by atoms with Gasteiger partial charge in [0.25, 0.3) is 0 Å². The Morgan fingerprint density at radius 3 is 2.87 bits per heavy atom. The summed E-state index contributed by atoms with van der Waals surface area (Å²) >= 11 is 0. The Bertz CT molecular complexity index is 296. The maximum atomic E-state index is 5.03. The molecule has 1 aromatic rings. The molecule has 0 aliphatic rings. The number of rotatable bonds is 6. The van der Waals surface area contributed by atoms with E-state index in [1.807, 2.05) is 18.7 Å². The molecule has 1 N–H and O–H groups in total. The minimum Gasteiger partial charge on any atom is -0.385 e. The average Bonchev–Trinajstić information content (AvgIpc) is 2.51. The Kier molecular flexibility index (Phi) is 4.78. The maximum Gasteiger partial charge on any atom is 0.0597 e. The lowest BCUT2D eigenvalue weighted by Crippen LogP contribution is -2.27. The van der Waals surface area contributed by atoms with Gasteiger partial charge in [0.1, 0.15) is 0 Å². The molecule has 0 radical (unpaired) electrons. The highest BCUT2D eigenvalue weighted by molar-refractivity contribution is 5.08. The minimum absolute atomic E-state index is 0.472. The van der Waals surface area contributed by atoms with E-state index < -0.39 is 0 Å². The number of nitrogens with one attached hydrogen (secondary N) is 1. The van der Waals surface area contributed by atoms with Crippen LogP contribution in [0.4, 0.5) is 0 Å². The van der Waals surface area contributed by atoms with Crippen molar-refractivity contribution in [1.29, 1.82) is 0 Å². The Hall–Kier alpha value is -0.870. The van der Waals surface area contributed by atoms with E-state index in [2.05, 4.69) is 23.4 Å². The topological polar surface area (TPSA) is 39.1 Å². The number of hydrogen-bond donors (Lipinski definition) is 1. The lowest BCUT2D eigenvalue weighted by atomic mass is 10.2. The van der Waals surface area contributed by atoms with Crippen LogP contribution in [0.5, 0.6) is 0 Å². The van der Waals surface area contributed by atoms with Crippen LogP contribution >= 0.6 is 0 Å². The fourth-order valence-corrected chi connectivity index (χ4v) is 1.51. The Labute approximate surface area is 91.6 Å². The fourth-order valence-electron chi connectivity index (χ4n) is 1.51. The zero-order valence-corrected chi connectivity index (χ0v) is 10.1. The molecule has 0 aliphatic carbocycles. The summed E-state index contributed by atoms with van der Waals surface area (Å²) in [6, 6.07) is 2.58. The van der Waals surface area contributed by atoms with E-state index in [4.69, 9.17) is 4.74 Å². The summed E-state index contributed by atoms with van der Waals surface area (Å²) < 4.78 is 6.96. The zero-order valence-electron chi connectivity index (χ0n) is 10.1. The molecule has 4 nitrogen and oxygen atoms in total. The van der Waals surface area contributed by atoms with E-state index in [1.165, 1.54) is 5.69 Å². The molecule has 86 valence electrons. The third kappa shape index (κ3) is 4.01. The van der Waals surface area contributed by atoms with E-state index in [0.29, 0.717) is 6.04 Å². The Morgan fingerprint density at radius 1 is 1.60 bits per heavy atom. The molecular weight excluding hydrogens is 190 g/mol. The number of hydrogen-bond acceptors (Lipinski definition) is 3. The molecule has 1 heterocycles. The van der Waals surface area contributed by atoms with Gasteiger partial charge in [0.2, 0.25) is 0 Å². The third-order valence-electron chi connectivity index (χ3n) is 2.49.